The van der Waals surface area contributed by atoms with E-state index in [4.69, 9.17) is 26.2 Å². The second-order valence-electron chi connectivity index (χ2n) is 11.0. The van der Waals surface area contributed by atoms with Crippen molar-refractivity contribution in [3.63, 3.8) is 0 Å². The number of aliphatic hydroxyl groups excluding tert-OH is 4. The molecule has 1 saturated heterocycles. The van der Waals surface area contributed by atoms with Crippen LogP contribution in [-0.4, -0.2) is 79.4 Å². The van der Waals surface area contributed by atoms with E-state index in [9.17, 15) is 39.9 Å². The number of hydrogen-bond donors (Lipinski definition) is 6. The van der Waals surface area contributed by atoms with Gasteiger partial charge in [-0.25, -0.2) is 0 Å². The predicted octanol–water partition coefficient (Wildman–Crippen LogP) is 3.16. The quantitative estimate of drug-likeness (QED) is 0.142. The molecule has 3 aromatic carbocycles. The minimum absolute atomic E-state index is 0.134. The second-order valence-corrected chi connectivity index (χ2v) is 11.4. The maximum Gasteiger partial charge on any atom is 0.306 e. The van der Waals surface area contributed by atoms with Gasteiger partial charge in [-0.3, -0.25) is 14.4 Å². The Labute approximate surface area is 264 Å². The predicted molar refractivity (Wildman–Crippen MR) is 161 cm³/mol. The first-order chi connectivity index (χ1) is 21.5. The lowest BCUT2D eigenvalue weighted by Gasteiger charge is -2.40. The molecule has 240 valence electrons. The molecule has 6 N–H and O–H groups in total. The van der Waals surface area contributed by atoms with Gasteiger partial charge in [0.2, 0.25) is 0 Å². The SMILES string of the molecule is O=C(O)CC[C@H](CC(=O)c1cccc(COc2ccc(Cc3cc([C@@H]4O[C@H](CO)[C@@H](O)[C@H](O)[C@H]4O)ccc3Cl)cc2)c1)C(=O)O. The summed E-state index contributed by atoms with van der Waals surface area (Å²) in [5, 5.41) is 58.9. The van der Waals surface area contributed by atoms with E-state index in [2.05, 4.69) is 0 Å². The topological polar surface area (TPSA) is 191 Å². The number of carbonyl (C=O) groups excluding carboxylic acids is 1. The van der Waals surface area contributed by atoms with Crippen molar-refractivity contribution < 1.29 is 54.5 Å². The number of Topliss-reactive ketones (excluding diaryl/α,β-unsaturated/α-hetero) is 1. The van der Waals surface area contributed by atoms with Gasteiger partial charge in [-0.05, 0) is 59.4 Å². The number of halogens is 1. The van der Waals surface area contributed by atoms with E-state index in [1.807, 2.05) is 12.1 Å². The van der Waals surface area contributed by atoms with E-state index in [-0.39, 0.29) is 25.9 Å². The van der Waals surface area contributed by atoms with E-state index >= 15 is 0 Å². The summed E-state index contributed by atoms with van der Waals surface area (Å²) in [7, 11) is 0. The lowest BCUT2D eigenvalue weighted by molar-refractivity contribution is -0.231. The maximum absolute atomic E-state index is 12.7. The summed E-state index contributed by atoms with van der Waals surface area (Å²) in [5.74, 6) is -3.25. The van der Waals surface area contributed by atoms with Crippen molar-refractivity contribution in [2.75, 3.05) is 6.61 Å². The maximum atomic E-state index is 12.7. The molecule has 1 heterocycles. The van der Waals surface area contributed by atoms with Gasteiger partial charge < -0.3 is 40.1 Å². The van der Waals surface area contributed by atoms with Gasteiger partial charge in [0.25, 0.3) is 0 Å². The van der Waals surface area contributed by atoms with Crippen LogP contribution < -0.4 is 4.74 Å². The van der Waals surface area contributed by atoms with Gasteiger partial charge in [-0.1, -0.05) is 54.1 Å². The van der Waals surface area contributed by atoms with E-state index in [0.29, 0.717) is 33.9 Å². The summed E-state index contributed by atoms with van der Waals surface area (Å²) in [6.07, 6.45) is -6.69. The molecule has 1 fully saturated rings. The molecule has 0 aliphatic carbocycles. The van der Waals surface area contributed by atoms with Crippen LogP contribution in [0.25, 0.3) is 0 Å². The van der Waals surface area contributed by atoms with E-state index in [1.54, 1.807) is 54.6 Å². The smallest absolute Gasteiger partial charge is 0.306 e. The summed E-state index contributed by atoms with van der Waals surface area (Å²) in [6, 6.07) is 19.0. The Kier molecular flexibility index (Phi) is 11.7. The summed E-state index contributed by atoms with van der Waals surface area (Å²) >= 11 is 6.45. The molecule has 1 aliphatic rings. The van der Waals surface area contributed by atoms with Gasteiger partial charge in [-0.15, -0.1) is 0 Å². The van der Waals surface area contributed by atoms with Crippen molar-refractivity contribution >= 4 is 29.3 Å². The minimum Gasteiger partial charge on any atom is -0.489 e. The Hall–Kier alpha value is -3.84. The first kappa shape index (κ1) is 34.0. The van der Waals surface area contributed by atoms with Crippen LogP contribution in [-0.2, 0) is 27.4 Å². The number of carboxylic acid groups (broad SMARTS) is 2. The van der Waals surface area contributed by atoms with Crippen molar-refractivity contribution in [3.05, 3.63) is 99.6 Å². The molecule has 0 aromatic heterocycles. The number of benzene rings is 3. The fourth-order valence-corrected chi connectivity index (χ4v) is 5.35. The molecule has 0 radical (unpaired) electrons. The first-order valence-electron chi connectivity index (χ1n) is 14.3. The molecule has 45 heavy (non-hydrogen) atoms. The van der Waals surface area contributed by atoms with Crippen molar-refractivity contribution in [2.24, 2.45) is 5.92 Å². The highest BCUT2D eigenvalue weighted by Gasteiger charge is 2.44. The van der Waals surface area contributed by atoms with E-state index < -0.39 is 60.8 Å². The largest absolute Gasteiger partial charge is 0.489 e. The third kappa shape index (κ3) is 8.88. The van der Waals surface area contributed by atoms with Crippen molar-refractivity contribution in [2.45, 2.75) is 62.8 Å². The zero-order valence-corrected chi connectivity index (χ0v) is 24.9. The highest BCUT2D eigenvalue weighted by atomic mass is 35.5. The van der Waals surface area contributed by atoms with Crippen LogP contribution in [0.1, 0.15) is 58.0 Å². The Morgan fingerprint density at radius 1 is 0.889 bits per heavy atom. The van der Waals surface area contributed by atoms with Gasteiger partial charge in [-0.2, -0.15) is 0 Å². The van der Waals surface area contributed by atoms with Gasteiger partial charge in [0.05, 0.1) is 12.5 Å². The Bertz CT molecular complexity index is 1490. The average molecular weight is 643 g/mol. The van der Waals surface area contributed by atoms with Crippen LogP contribution >= 0.6 is 11.6 Å². The molecule has 4 rings (SSSR count). The van der Waals surface area contributed by atoms with Crippen molar-refractivity contribution in [1.29, 1.82) is 0 Å². The molecule has 6 atom stereocenters. The molecule has 1 aliphatic heterocycles. The first-order valence-corrected chi connectivity index (χ1v) is 14.7. The zero-order valence-electron chi connectivity index (χ0n) is 24.2. The van der Waals surface area contributed by atoms with Crippen molar-refractivity contribution in [3.8, 4) is 5.75 Å². The van der Waals surface area contributed by atoms with Gasteiger partial charge >= 0.3 is 11.9 Å². The second kappa shape index (κ2) is 15.4. The van der Waals surface area contributed by atoms with Gasteiger partial charge in [0, 0.05) is 23.4 Å². The van der Waals surface area contributed by atoms with Crippen molar-refractivity contribution in [1.82, 2.24) is 0 Å². The monoisotopic (exact) mass is 642 g/mol. The lowest BCUT2D eigenvalue weighted by Crippen LogP contribution is -2.55. The highest BCUT2D eigenvalue weighted by Crippen LogP contribution is 2.34. The normalized spacial score (nSPS) is 22.0. The molecule has 11 nitrogen and oxygen atoms in total. The average Bonchev–Trinajstić information content (AvgIpc) is 3.02. The lowest BCUT2D eigenvalue weighted by atomic mass is 9.90. The molecule has 0 bridgehead atoms. The third-order valence-electron chi connectivity index (χ3n) is 7.75. The Morgan fingerprint density at radius 3 is 2.29 bits per heavy atom. The molecule has 0 saturated carbocycles. The van der Waals surface area contributed by atoms with Crippen LogP contribution in [0.5, 0.6) is 5.75 Å². The zero-order chi connectivity index (χ0) is 32.7. The summed E-state index contributed by atoms with van der Waals surface area (Å²) in [6.45, 7) is -0.377. The van der Waals surface area contributed by atoms with Crippen LogP contribution in [0.3, 0.4) is 0 Å². The highest BCUT2D eigenvalue weighted by molar-refractivity contribution is 6.31. The number of aliphatic carboxylic acids is 2. The Balaban J connectivity index is 1.37. The summed E-state index contributed by atoms with van der Waals surface area (Å²) in [4.78, 5) is 35.0. The van der Waals surface area contributed by atoms with Crippen LogP contribution in [0.4, 0.5) is 0 Å². The number of carbonyl (C=O) groups is 3. The molecule has 12 heteroatoms. The standard InChI is InChI=1S/C33H35ClO11/c34-25-10-6-21(32-31(41)30(40)29(39)27(16-35)45-32)14-23(25)12-18-4-8-24(9-5-18)44-17-19-2-1-3-20(13-19)26(36)15-22(33(42)43)7-11-28(37)38/h1-6,8-10,13-14,22,27,29-32,35,39-41H,7,11-12,15-17H2,(H,37,38)(H,42,43)/t22-,27-,29-,30+,31-,32+/m1/s1. The molecular formula is C33H35ClO11. The number of ketones is 1. The summed E-state index contributed by atoms with van der Waals surface area (Å²) in [5.41, 5.74) is 3.17. The van der Waals surface area contributed by atoms with E-state index in [1.165, 1.54) is 0 Å². The molecule has 0 spiro atoms. The van der Waals surface area contributed by atoms with Crippen LogP contribution in [0, 0.1) is 5.92 Å². The Morgan fingerprint density at radius 2 is 1.62 bits per heavy atom. The number of ether oxygens (including phenoxy) is 2. The molecular weight excluding hydrogens is 608 g/mol. The molecule has 3 aromatic rings. The van der Waals surface area contributed by atoms with Crippen LogP contribution in [0.2, 0.25) is 5.02 Å². The summed E-state index contributed by atoms with van der Waals surface area (Å²) < 4.78 is 11.6. The minimum atomic E-state index is -1.49. The van der Waals surface area contributed by atoms with Gasteiger partial charge in [0.1, 0.15) is 42.9 Å². The fraction of sp³-hybridized carbons (Fsp3) is 0.364. The van der Waals surface area contributed by atoms with Crippen LogP contribution in [0.15, 0.2) is 66.7 Å². The number of hydrogen-bond acceptors (Lipinski definition) is 9. The number of aliphatic hydroxyl groups is 4. The fourth-order valence-electron chi connectivity index (χ4n) is 5.16. The number of carboxylic acids is 2. The third-order valence-corrected chi connectivity index (χ3v) is 8.12. The molecule has 0 amide bonds. The van der Waals surface area contributed by atoms with Gasteiger partial charge in [0.15, 0.2) is 5.78 Å². The number of rotatable bonds is 14. The van der Waals surface area contributed by atoms with E-state index in [0.717, 1.165) is 11.1 Å². The molecule has 0 unspecified atom stereocenters.